The van der Waals surface area contributed by atoms with Crippen LogP contribution in [0.3, 0.4) is 0 Å². The Bertz CT molecular complexity index is 432. The van der Waals surface area contributed by atoms with Crippen molar-refractivity contribution in [3.63, 3.8) is 0 Å². The summed E-state index contributed by atoms with van der Waals surface area (Å²) in [6, 6.07) is 0.202. The molecule has 0 saturated heterocycles. The van der Waals surface area contributed by atoms with Crippen LogP contribution in [0.1, 0.15) is 52.5 Å². The van der Waals surface area contributed by atoms with Crippen LogP contribution in [0.15, 0.2) is 18.7 Å². The zero-order valence-corrected chi connectivity index (χ0v) is 14.1. The van der Waals surface area contributed by atoms with E-state index in [0.29, 0.717) is 13.1 Å². The van der Waals surface area contributed by atoms with Gasteiger partial charge in [-0.1, -0.05) is 19.8 Å². The van der Waals surface area contributed by atoms with Gasteiger partial charge in [0.05, 0.1) is 0 Å². The van der Waals surface area contributed by atoms with Gasteiger partial charge in [0, 0.05) is 37.1 Å². The standard InChI is InChI=1S/C16H28N4O2/c1-5-6-7-14(11-20-15(21)22-16(2,3)4)19-10-13-8-17-12-18-9-13/h8-9,12,14,19H,5-7,10-11H2,1-4H3,(H,20,21). The summed E-state index contributed by atoms with van der Waals surface area (Å²) in [5.41, 5.74) is 0.555. The molecule has 0 aliphatic rings. The molecular formula is C16H28N4O2. The van der Waals surface area contributed by atoms with Gasteiger partial charge >= 0.3 is 6.09 Å². The Morgan fingerprint density at radius 2 is 2.00 bits per heavy atom. The molecule has 0 aromatic carbocycles. The number of nitrogens with one attached hydrogen (secondary N) is 2. The lowest BCUT2D eigenvalue weighted by atomic mass is 10.1. The van der Waals surface area contributed by atoms with Crippen molar-refractivity contribution < 1.29 is 9.53 Å². The fourth-order valence-corrected chi connectivity index (χ4v) is 1.93. The molecule has 1 heterocycles. The number of aromatic nitrogens is 2. The van der Waals surface area contributed by atoms with Gasteiger partial charge in [-0.3, -0.25) is 0 Å². The second-order valence-electron chi connectivity index (χ2n) is 6.35. The average Bonchev–Trinajstić information content (AvgIpc) is 2.45. The summed E-state index contributed by atoms with van der Waals surface area (Å²) in [4.78, 5) is 19.7. The first-order valence-corrected chi connectivity index (χ1v) is 7.85. The molecule has 0 aliphatic heterocycles. The Balaban J connectivity index is 2.41. The number of hydrogen-bond donors (Lipinski definition) is 2. The number of hydrogen-bond acceptors (Lipinski definition) is 5. The molecule has 1 rings (SSSR count). The molecule has 0 radical (unpaired) electrons. The number of nitrogens with zero attached hydrogens (tertiary/aromatic N) is 2. The SMILES string of the molecule is CCCCC(CNC(=O)OC(C)(C)C)NCc1cncnc1. The van der Waals surface area contributed by atoms with Gasteiger partial charge in [-0.25, -0.2) is 14.8 Å². The van der Waals surface area contributed by atoms with E-state index in [1.165, 1.54) is 6.33 Å². The van der Waals surface area contributed by atoms with Crippen molar-refractivity contribution in [3.05, 3.63) is 24.3 Å². The number of amides is 1. The van der Waals surface area contributed by atoms with E-state index in [-0.39, 0.29) is 12.1 Å². The lowest BCUT2D eigenvalue weighted by Crippen LogP contribution is -2.42. The van der Waals surface area contributed by atoms with Crippen LogP contribution in [0, 0.1) is 0 Å². The first kappa shape index (κ1) is 18.4. The molecule has 22 heavy (non-hydrogen) atoms. The summed E-state index contributed by atoms with van der Waals surface area (Å²) in [6.45, 7) is 8.95. The molecule has 1 atom stereocenters. The third-order valence-corrected chi connectivity index (χ3v) is 3.01. The molecule has 1 aromatic rings. The molecule has 0 saturated carbocycles. The number of alkyl carbamates (subject to hydrolysis) is 1. The maximum Gasteiger partial charge on any atom is 0.407 e. The summed E-state index contributed by atoms with van der Waals surface area (Å²) < 4.78 is 5.26. The molecule has 124 valence electrons. The van der Waals surface area contributed by atoms with Crippen LogP contribution in [-0.4, -0.2) is 34.2 Å². The minimum atomic E-state index is -0.474. The summed E-state index contributed by atoms with van der Waals surface area (Å²) >= 11 is 0. The number of carbonyl (C=O) groups is 1. The predicted molar refractivity (Wildman–Crippen MR) is 86.4 cm³/mol. The van der Waals surface area contributed by atoms with E-state index in [1.54, 1.807) is 12.4 Å². The fraction of sp³-hybridized carbons (Fsp3) is 0.688. The van der Waals surface area contributed by atoms with Gasteiger partial charge in [0.15, 0.2) is 0 Å². The predicted octanol–water partition coefficient (Wildman–Crippen LogP) is 2.65. The number of rotatable bonds is 8. The topological polar surface area (TPSA) is 76.1 Å². The molecule has 1 amide bonds. The molecule has 0 fully saturated rings. The van der Waals surface area contributed by atoms with Gasteiger partial charge in [-0.2, -0.15) is 0 Å². The zero-order valence-electron chi connectivity index (χ0n) is 14.1. The molecule has 1 aromatic heterocycles. The van der Waals surface area contributed by atoms with Gasteiger partial charge in [-0.05, 0) is 27.2 Å². The van der Waals surface area contributed by atoms with E-state index in [4.69, 9.17) is 4.74 Å². The van der Waals surface area contributed by atoms with Gasteiger partial charge in [-0.15, -0.1) is 0 Å². The van der Waals surface area contributed by atoms with Crippen LogP contribution in [0.25, 0.3) is 0 Å². The first-order valence-electron chi connectivity index (χ1n) is 7.85. The van der Waals surface area contributed by atoms with Crippen molar-refractivity contribution >= 4 is 6.09 Å². The third-order valence-electron chi connectivity index (χ3n) is 3.01. The van der Waals surface area contributed by atoms with E-state index in [2.05, 4.69) is 27.5 Å². The van der Waals surface area contributed by atoms with Crippen LogP contribution in [0.5, 0.6) is 0 Å². The van der Waals surface area contributed by atoms with Gasteiger partial charge < -0.3 is 15.4 Å². The van der Waals surface area contributed by atoms with Crippen molar-refractivity contribution in [3.8, 4) is 0 Å². The maximum atomic E-state index is 11.7. The molecule has 0 spiro atoms. The third kappa shape index (κ3) is 8.56. The van der Waals surface area contributed by atoms with Crippen LogP contribution >= 0.6 is 0 Å². The van der Waals surface area contributed by atoms with E-state index >= 15 is 0 Å². The highest BCUT2D eigenvalue weighted by molar-refractivity contribution is 5.67. The monoisotopic (exact) mass is 308 g/mol. The lowest BCUT2D eigenvalue weighted by molar-refractivity contribution is 0.0521. The molecular weight excluding hydrogens is 280 g/mol. The highest BCUT2D eigenvalue weighted by Crippen LogP contribution is 2.07. The Labute approximate surface area is 133 Å². The van der Waals surface area contributed by atoms with E-state index in [9.17, 15) is 4.79 Å². The molecule has 0 bridgehead atoms. The highest BCUT2D eigenvalue weighted by atomic mass is 16.6. The van der Waals surface area contributed by atoms with Gasteiger partial charge in [0.25, 0.3) is 0 Å². The molecule has 1 unspecified atom stereocenters. The van der Waals surface area contributed by atoms with E-state index in [0.717, 1.165) is 24.8 Å². The van der Waals surface area contributed by atoms with Crippen LogP contribution in [0.4, 0.5) is 4.79 Å². The summed E-state index contributed by atoms with van der Waals surface area (Å²) in [5.74, 6) is 0. The summed E-state index contributed by atoms with van der Waals surface area (Å²) in [7, 11) is 0. The van der Waals surface area contributed by atoms with Crippen molar-refractivity contribution in [1.29, 1.82) is 0 Å². The normalized spacial score (nSPS) is 12.7. The quantitative estimate of drug-likeness (QED) is 0.772. The first-order chi connectivity index (χ1) is 10.4. The second-order valence-corrected chi connectivity index (χ2v) is 6.35. The van der Waals surface area contributed by atoms with Gasteiger partial charge in [0.1, 0.15) is 11.9 Å². The second kappa shape index (κ2) is 9.35. The van der Waals surface area contributed by atoms with E-state index < -0.39 is 5.60 Å². The van der Waals surface area contributed by atoms with Crippen LogP contribution < -0.4 is 10.6 Å². The van der Waals surface area contributed by atoms with Gasteiger partial charge in [0.2, 0.25) is 0 Å². The Morgan fingerprint density at radius 3 is 2.59 bits per heavy atom. The Hall–Kier alpha value is -1.69. The Kier molecular flexibility index (Phi) is 7.80. The number of carbonyl (C=O) groups excluding carboxylic acids is 1. The summed E-state index contributed by atoms with van der Waals surface area (Å²) in [5, 5.41) is 6.27. The Morgan fingerprint density at radius 1 is 1.32 bits per heavy atom. The van der Waals surface area contributed by atoms with E-state index in [1.807, 2.05) is 20.8 Å². The van der Waals surface area contributed by atoms with Crippen molar-refractivity contribution in [2.75, 3.05) is 6.54 Å². The zero-order chi connectivity index (χ0) is 16.4. The molecule has 6 heteroatoms. The van der Waals surface area contributed by atoms with Crippen LogP contribution in [0.2, 0.25) is 0 Å². The number of ether oxygens (including phenoxy) is 1. The summed E-state index contributed by atoms with van der Waals surface area (Å²) in [6.07, 6.45) is 7.95. The smallest absolute Gasteiger partial charge is 0.407 e. The van der Waals surface area contributed by atoms with Crippen molar-refractivity contribution in [1.82, 2.24) is 20.6 Å². The molecule has 6 nitrogen and oxygen atoms in total. The fourth-order valence-electron chi connectivity index (χ4n) is 1.93. The minimum Gasteiger partial charge on any atom is -0.444 e. The largest absolute Gasteiger partial charge is 0.444 e. The van der Waals surface area contributed by atoms with Crippen molar-refractivity contribution in [2.24, 2.45) is 0 Å². The number of unbranched alkanes of at least 4 members (excludes halogenated alkanes) is 1. The lowest BCUT2D eigenvalue weighted by Gasteiger charge is -2.22. The molecule has 0 aliphatic carbocycles. The van der Waals surface area contributed by atoms with Crippen molar-refractivity contribution in [2.45, 2.75) is 65.1 Å². The highest BCUT2D eigenvalue weighted by Gasteiger charge is 2.17. The average molecular weight is 308 g/mol. The maximum absolute atomic E-state index is 11.7. The van der Waals surface area contributed by atoms with Crippen LogP contribution in [-0.2, 0) is 11.3 Å². The minimum absolute atomic E-state index is 0.202. The molecule has 2 N–H and O–H groups in total.